The third-order valence-corrected chi connectivity index (χ3v) is 6.28. The third-order valence-electron chi connectivity index (χ3n) is 5.10. The molecule has 0 radical (unpaired) electrons. The first kappa shape index (κ1) is 29.7. The van der Waals surface area contributed by atoms with Gasteiger partial charge in [-0.3, -0.25) is 28.5 Å². The molecule has 1 aromatic rings. The van der Waals surface area contributed by atoms with Gasteiger partial charge in [0.1, 0.15) is 6.61 Å². The van der Waals surface area contributed by atoms with Gasteiger partial charge in [0.2, 0.25) is 12.7 Å². The zero-order valence-corrected chi connectivity index (χ0v) is 22.0. The Hall–Kier alpha value is -2.29. The van der Waals surface area contributed by atoms with E-state index in [1.165, 1.54) is 6.66 Å². The lowest BCUT2D eigenvalue weighted by Crippen LogP contribution is -2.40. The number of aromatic nitrogens is 1. The third kappa shape index (κ3) is 11.2. The number of nitrogens with one attached hydrogen (secondary N) is 1. The van der Waals surface area contributed by atoms with Crippen LogP contribution < -0.4 is 5.32 Å². The number of hydrogen-bond donors (Lipinski definition) is 1. The summed E-state index contributed by atoms with van der Waals surface area (Å²) in [6.45, 7) is 11.4. The Morgan fingerprint density at radius 3 is 2.26 bits per heavy atom. The molecule has 1 N–H and O–H groups in total. The molecule has 0 aliphatic rings. The molecular formula is C23H37N2O8P. The van der Waals surface area contributed by atoms with Crippen LogP contribution >= 0.6 is 7.60 Å². The maximum Gasteiger partial charge on any atom is 0.330 e. The molecule has 0 spiro atoms. The molecule has 1 amide bonds. The predicted octanol–water partition coefficient (Wildman–Crippen LogP) is 3.70. The van der Waals surface area contributed by atoms with Gasteiger partial charge in [-0.15, -0.1) is 0 Å². The van der Waals surface area contributed by atoms with Gasteiger partial charge < -0.3 is 19.3 Å². The Balaban J connectivity index is 2.38. The Kier molecular flexibility index (Phi) is 11.3. The van der Waals surface area contributed by atoms with Crippen molar-refractivity contribution in [3.05, 3.63) is 30.1 Å². The molecule has 0 saturated carbocycles. The largest absolute Gasteiger partial charge is 0.461 e. The first-order valence-corrected chi connectivity index (χ1v) is 13.0. The van der Waals surface area contributed by atoms with Gasteiger partial charge in [-0.1, -0.05) is 20.8 Å². The van der Waals surface area contributed by atoms with Gasteiger partial charge in [-0.25, -0.2) is 0 Å². The Morgan fingerprint density at radius 2 is 1.68 bits per heavy atom. The highest BCUT2D eigenvalue weighted by atomic mass is 31.2. The standard InChI is InChI=1S/C23H37N2O8P/c1-17(20(27)25-13-10-19(26)30-14-18-8-11-24-12-9-18)23(5,6)15-32-34(7,29)33-16-31-21(28)22(2,3)4/h8-9,11-12,17H,10,13-16H2,1-7H3,(H,25,27)/t17-,34?/m0/s1. The van der Waals surface area contributed by atoms with E-state index in [4.69, 9.17) is 18.5 Å². The maximum atomic E-state index is 12.5. The molecule has 11 heteroatoms. The van der Waals surface area contributed by atoms with Crippen LogP contribution in [0.15, 0.2) is 24.5 Å². The number of hydrogen-bond acceptors (Lipinski definition) is 9. The molecule has 0 bridgehead atoms. The van der Waals surface area contributed by atoms with Crippen molar-refractivity contribution < 1.29 is 37.5 Å². The number of rotatable bonds is 13. The number of nitrogens with zero attached hydrogens (tertiary/aromatic N) is 1. The van der Waals surface area contributed by atoms with E-state index < -0.39 is 43.1 Å². The first-order valence-electron chi connectivity index (χ1n) is 11.0. The van der Waals surface area contributed by atoms with E-state index in [1.807, 2.05) is 0 Å². The minimum absolute atomic E-state index is 0.0312. The van der Waals surface area contributed by atoms with Crippen LogP contribution in [0.5, 0.6) is 0 Å². The molecule has 0 aromatic carbocycles. The molecule has 1 heterocycles. The first-order chi connectivity index (χ1) is 15.6. The van der Waals surface area contributed by atoms with Crippen molar-refractivity contribution in [2.24, 2.45) is 16.7 Å². The zero-order valence-electron chi connectivity index (χ0n) is 21.1. The van der Waals surface area contributed by atoms with Crippen LogP contribution in [0.2, 0.25) is 0 Å². The Morgan fingerprint density at radius 1 is 1.06 bits per heavy atom. The van der Waals surface area contributed by atoms with Gasteiger partial charge in [-0.2, -0.15) is 0 Å². The highest BCUT2D eigenvalue weighted by Crippen LogP contribution is 2.46. The van der Waals surface area contributed by atoms with Crippen molar-refractivity contribution >= 4 is 25.4 Å². The summed E-state index contributed by atoms with van der Waals surface area (Å²) in [5, 5.41) is 2.71. The van der Waals surface area contributed by atoms with E-state index in [9.17, 15) is 18.9 Å². The SMILES string of the molecule is C[C@@H](C(=O)NCCC(=O)OCc1ccncc1)C(C)(C)COP(C)(=O)OCOC(=O)C(C)(C)C. The van der Waals surface area contributed by atoms with E-state index in [1.54, 1.807) is 66.1 Å². The molecule has 34 heavy (non-hydrogen) atoms. The number of carbonyl (C=O) groups excluding carboxylic acids is 3. The van der Waals surface area contributed by atoms with Crippen molar-refractivity contribution in [3.8, 4) is 0 Å². The lowest BCUT2D eigenvalue weighted by atomic mass is 9.80. The summed E-state index contributed by atoms with van der Waals surface area (Å²) in [7, 11) is -3.51. The number of ether oxygens (including phenoxy) is 2. The number of amides is 1. The molecule has 192 valence electrons. The van der Waals surface area contributed by atoms with Crippen molar-refractivity contribution in [1.82, 2.24) is 10.3 Å². The van der Waals surface area contributed by atoms with Crippen LogP contribution in [-0.4, -0.2) is 49.4 Å². The van der Waals surface area contributed by atoms with Gasteiger partial charge in [0.15, 0.2) is 0 Å². The second-order valence-electron chi connectivity index (χ2n) is 9.74. The van der Waals surface area contributed by atoms with Crippen LogP contribution in [-0.2, 0) is 44.1 Å². The van der Waals surface area contributed by atoms with Gasteiger partial charge >= 0.3 is 19.5 Å². The van der Waals surface area contributed by atoms with Crippen LogP contribution in [0.3, 0.4) is 0 Å². The monoisotopic (exact) mass is 500 g/mol. The number of pyridine rings is 1. The van der Waals surface area contributed by atoms with E-state index in [0.29, 0.717) is 0 Å². The van der Waals surface area contributed by atoms with Crippen molar-refractivity contribution in [2.45, 2.75) is 54.6 Å². The van der Waals surface area contributed by atoms with E-state index in [0.717, 1.165) is 5.56 Å². The maximum absolute atomic E-state index is 12.5. The molecule has 0 aliphatic carbocycles. The second kappa shape index (κ2) is 13.0. The summed E-state index contributed by atoms with van der Waals surface area (Å²) >= 11 is 0. The smallest absolute Gasteiger partial charge is 0.330 e. The van der Waals surface area contributed by atoms with Gasteiger partial charge in [-0.05, 0) is 43.9 Å². The molecule has 0 saturated heterocycles. The average molecular weight is 501 g/mol. The molecule has 1 aromatic heterocycles. The molecule has 0 aliphatic heterocycles. The van der Waals surface area contributed by atoms with Crippen molar-refractivity contribution in [2.75, 3.05) is 26.6 Å². The summed E-state index contributed by atoms with van der Waals surface area (Å²) in [6.07, 6.45) is 3.26. The van der Waals surface area contributed by atoms with Crippen LogP contribution in [0.25, 0.3) is 0 Å². The van der Waals surface area contributed by atoms with Gasteiger partial charge in [0.05, 0.1) is 18.4 Å². The van der Waals surface area contributed by atoms with Crippen LogP contribution in [0.1, 0.15) is 53.5 Å². The summed E-state index contributed by atoms with van der Waals surface area (Å²) < 4.78 is 33.2. The van der Waals surface area contributed by atoms with Gasteiger partial charge in [0.25, 0.3) is 0 Å². The van der Waals surface area contributed by atoms with Crippen molar-refractivity contribution in [3.63, 3.8) is 0 Å². The zero-order chi connectivity index (χ0) is 26.0. The molecule has 0 fully saturated rings. The minimum Gasteiger partial charge on any atom is -0.461 e. The minimum atomic E-state index is -3.51. The predicted molar refractivity (Wildman–Crippen MR) is 126 cm³/mol. The lowest BCUT2D eigenvalue weighted by Gasteiger charge is -2.31. The number of esters is 2. The summed E-state index contributed by atoms with van der Waals surface area (Å²) in [6, 6.07) is 3.50. The molecule has 1 unspecified atom stereocenters. The Bertz CT molecular complexity index is 867. The summed E-state index contributed by atoms with van der Waals surface area (Å²) in [5.41, 5.74) is -0.570. The molecule has 1 rings (SSSR count). The quantitative estimate of drug-likeness (QED) is 0.245. The fraction of sp³-hybridized carbons (Fsp3) is 0.652. The highest BCUT2D eigenvalue weighted by Gasteiger charge is 2.34. The summed E-state index contributed by atoms with van der Waals surface area (Å²) in [4.78, 5) is 40.1. The number of carbonyl (C=O) groups is 3. The Labute approximate surface area is 201 Å². The molecule has 2 atom stereocenters. The van der Waals surface area contributed by atoms with Crippen LogP contribution in [0.4, 0.5) is 0 Å². The fourth-order valence-electron chi connectivity index (χ4n) is 2.35. The van der Waals surface area contributed by atoms with Gasteiger partial charge in [0, 0.05) is 31.5 Å². The second-order valence-corrected chi connectivity index (χ2v) is 11.8. The fourth-order valence-corrected chi connectivity index (χ4v) is 3.23. The molecule has 10 nitrogen and oxygen atoms in total. The normalized spacial score (nSPS) is 14.6. The summed E-state index contributed by atoms with van der Waals surface area (Å²) in [5.74, 6) is -1.71. The lowest BCUT2D eigenvalue weighted by molar-refractivity contribution is -0.160. The van der Waals surface area contributed by atoms with E-state index in [2.05, 4.69) is 10.3 Å². The van der Waals surface area contributed by atoms with E-state index in [-0.39, 0.29) is 32.1 Å². The van der Waals surface area contributed by atoms with Crippen LogP contribution in [0, 0.1) is 16.7 Å². The van der Waals surface area contributed by atoms with E-state index >= 15 is 0 Å². The van der Waals surface area contributed by atoms with Crippen molar-refractivity contribution in [1.29, 1.82) is 0 Å². The topological polar surface area (TPSA) is 130 Å². The molecular weight excluding hydrogens is 463 g/mol. The average Bonchev–Trinajstić information content (AvgIpc) is 2.75. The highest BCUT2D eigenvalue weighted by molar-refractivity contribution is 7.52.